The number of rotatable bonds is 3. The van der Waals surface area contributed by atoms with Crippen LogP contribution in [0.5, 0.6) is 0 Å². The van der Waals surface area contributed by atoms with Gasteiger partial charge in [0, 0.05) is 10.6 Å². The quantitative estimate of drug-likeness (QED) is 0.420. The number of amides is 1. The Balaban J connectivity index is 1.59. The summed E-state index contributed by atoms with van der Waals surface area (Å²) in [7, 11) is 0. The molecule has 0 fully saturated rings. The molecule has 1 amide bonds. The van der Waals surface area contributed by atoms with Crippen molar-refractivity contribution in [3.05, 3.63) is 63.0 Å². The largest absolute Gasteiger partial charge is 0.335 e. The number of benzene rings is 1. The van der Waals surface area contributed by atoms with E-state index in [1.807, 2.05) is 19.1 Å². The molecule has 9 heteroatoms. The van der Waals surface area contributed by atoms with Gasteiger partial charge in [-0.2, -0.15) is 0 Å². The third-order valence-electron chi connectivity index (χ3n) is 4.63. The minimum Gasteiger partial charge on any atom is -0.335 e. The molecule has 4 heterocycles. The molecular formula is C20H15N5O3S. The maximum atomic E-state index is 13.1. The molecule has 29 heavy (non-hydrogen) atoms. The summed E-state index contributed by atoms with van der Waals surface area (Å²) in [5.74, 6) is -0.310. The Kier molecular flexibility index (Phi) is 3.85. The topological polar surface area (TPSA) is 117 Å². The summed E-state index contributed by atoms with van der Waals surface area (Å²) in [5.41, 5.74) is 3.55. The molecule has 0 saturated heterocycles. The first-order valence-electron chi connectivity index (χ1n) is 8.85. The number of anilines is 1. The maximum absolute atomic E-state index is 13.1. The van der Waals surface area contributed by atoms with Crippen molar-refractivity contribution < 1.29 is 9.32 Å². The van der Waals surface area contributed by atoms with E-state index >= 15 is 0 Å². The number of carbonyl (C=O) groups is 1. The predicted molar refractivity (Wildman–Crippen MR) is 111 cm³/mol. The molecule has 0 aliphatic rings. The Bertz CT molecular complexity index is 1460. The van der Waals surface area contributed by atoms with E-state index < -0.39 is 0 Å². The molecule has 5 aromatic rings. The third kappa shape index (κ3) is 3.01. The second-order valence-corrected chi connectivity index (χ2v) is 8.00. The molecular weight excluding hydrogens is 390 g/mol. The SMILES string of the molecule is Cc1ccc(-c2cc(C(=O)Nc3ccc4[nH]c(=O)[nH]c4c3)c3c(C)noc3n2)s1. The smallest absolute Gasteiger partial charge is 0.323 e. The van der Waals surface area contributed by atoms with Gasteiger partial charge in [0.2, 0.25) is 0 Å². The number of imidazole rings is 1. The number of thiophene rings is 1. The van der Waals surface area contributed by atoms with Crippen molar-refractivity contribution in [3.8, 4) is 10.6 Å². The van der Waals surface area contributed by atoms with Crippen LogP contribution < -0.4 is 11.0 Å². The third-order valence-corrected chi connectivity index (χ3v) is 5.65. The molecule has 3 N–H and O–H groups in total. The van der Waals surface area contributed by atoms with Crippen LogP contribution in [0.2, 0.25) is 0 Å². The zero-order chi connectivity index (χ0) is 20.1. The number of carbonyl (C=O) groups excluding carboxylic acids is 1. The Morgan fingerprint density at radius 3 is 2.72 bits per heavy atom. The molecule has 5 rings (SSSR count). The Hall–Kier alpha value is -3.72. The van der Waals surface area contributed by atoms with Gasteiger partial charge >= 0.3 is 5.69 Å². The van der Waals surface area contributed by atoms with E-state index in [0.29, 0.717) is 44.8 Å². The molecule has 4 aromatic heterocycles. The number of hydrogen-bond acceptors (Lipinski definition) is 6. The molecule has 0 atom stereocenters. The van der Waals surface area contributed by atoms with Gasteiger partial charge in [0.25, 0.3) is 11.6 Å². The highest BCUT2D eigenvalue weighted by Crippen LogP contribution is 2.31. The van der Waals surface area contributed by atoms with Crippen LogP contribution in [0.3, 0.4) is 0 Å². The zero-order valence-electron chi connectivity index (χ0n) is 15.5. The van der Waals surface area contributed by atoms with Crippen LogP contribution in [-0.4, -0.2) is 26.0 Å². The average molecular weight is 405 g/mol. The van der Waals surface area contributed by atoms with E-state index in [9.17, 15) is 9.59 Å². The summed E-state index contributed by atoms with van der Waals surface area (Å²) in [6.45, 7) is 3.79. The maximum Gasteiger partial charge on any atom is 0.323 e. The number of aromatic nitrogens is 4. The van der Waals surface area contributed by atoms with E-state index in [4.69, 9.17) is 4.52 Å². The van der Waals surface area contributed by atoms with Crippen molar-refractivity contribution in [1.82, 2.24) is 20.1 Å². The lowest BCUT2D eigenvalue weighted by molar-refractivity contribution is 0.102. The fourth-order valence-corrected chi connectivity index (χ4v) is 4.11. The molecule has 0 unspecified atom stereocenters. The Morgan fingerprint density at radius 2 is 1.93 bits per heavy atom. The first kappa shape index (κ1) is 17.4. The fraction of sp³-hybridized carbons (Fsp3) is 0.100. The lowest BCUT2D eigenvalue weighted by atomic mass is 10.1. The number of nitrogens with zero attached hydrogens (tertiary/aromatic N) is 2. The van der Waals surface area contributed by atoms with Gasteiger partial charge in [-0.25, -0.2) is 9.78 Å². The highest BCUT2D eigenvalue weighted by Gasteiger charge is 2.20. The highest BCUT2D eigenvalue weighted by molar-refractivity contribution is 7.15. The van der Waals surface area contributed by atoms with Gasteiger partial charge in [-0.15, -0.1) is 11.3 Å². The molecule has 144 valence electrons. The van der Waals surface area contributed by atoms with E-state index in [1.165, 1.54) is 0 Å². The molecule has 0 spiro atoms. The van der Waals surface area contributed by atoms with Gasteiger partial charge < -0.3 is 19.8 Å². The number of nitrogens with one attached hydrogen (secondary N) is 3. The van der Waals surface area contributed by atoms with Crippen molar-refractivity contribution in [2.75, 3.05) is 5.32 Å². The van der Waals surface area contributed by atoms with Gasteiger partial charge in [0.15, 0.2) is 0 Å². The Morgan fingerprint density at radius 1 is 1.10 bits per heavy atom. The zero-order valence-corrected chi connectivity index (χ0v) is 16.3. The number of hydrogen-bond donors (Lipinski definition) is 3. The molecule has 0 aliphatic carbocycles. The number of aromatic amines is 2. The fourth-order valence-electron chi connectivity index (χ4n) is 3.28. The number of fused-ring (bicyclic) bond motifs is 2. The molecule has 8 nitrogen and oxygen atoms in total. The first-order valence-corrected chi connectivity index (χ1v) is 9.67. The summed E-state index contributed by atoms with van der Waals surface area (Å²) >= 11 is 1.59. The molecule has 0 saturated carbocycles. The van der Waals surface area contributed by atoms with Crippen molar-refractivity contribution >= 4 is 45.1 Å². The van der Waals surface area contributed by atoms with Crippen LogP contribution in [0, 0.1) is 13.8 Å². The molecule has 1 aromatic carbocycles. The Labute approximate surface area is 167 Å². The van der Waals surface area contributed by atoms with Crippen molar-refractivity contribution in [2.24, 2.45) is 0 Å². The van der Waals surface area contributed by atoms with E-state index in [2.05, 4.69) is 25.4 Å². The van der Waals surface area contributed by atoms with Crippen molar-refractivity contribution in [3.63, 3.8) is 0 Å². The predicted octanol–water partition coefficient (Wildman–Crippen LogP) is 3.99. The molecule has 0 bridgehead atoms. The number of aryl methyl sites for hydroxylation is 2. The monoisotopic (exact) mass is 405 g/mol. The van der Waals surface area contributed by atoms with Crippen molar-refractivity contribution in [2.45, 2.75) is 13.8 Å². The van der Waals surface area contributed by atoms with Crippen LogP contribution in [-0.2, 0) is 0 Å². The second kappa shape index (κ2) is 6.42. The number of H-pyrrole nitrogens is 2. The van der Waals surface area contributed by atoms with E-state index in [1.54, 1.807) is 42.5 Å². The minimum absolute atomic E-state index is 0.296. The average Bonchev–Trinajstić information content (AvgIpc) is 3.39. The van der Waals surface area contributed by atoms with Gasteiger partial charge in [-0.1, -0.05) is 5.16 Å². The first-order chi connectivity index (χ1) is 14.0. The summed E-state index contributed by atoms with van der Waals surface area (Å²) in [5, 5.41) is 7.43. The van der Waals surface area contributed by atoms with Crippen LogP contribution in [0.4, 0.5) is 5.69 Å². The summed E-state index contributed by atoms with van der Waals surface area (Å²) < 4.78 is 5.34. The van der Waals surface area contributed by atoms with Crippen LogP contribution >= 0.6 is 11.3 Å². The van der Waals surface area contributed by atoms with Crippen molar-refractivity contribution in [1.29, 1.82) is 0 Å². The second-order valence-electron chi connectivity index (χ2n) is 6.71. The summed E-state index contributed by atoms with van der Waals surface area (Å²) in [6.07, 6.45) is 0. The van der Waals surface area contributed by atoms with Crippen LogP contribution in [0.25, 0.3) is 32.7 Å². The van der Waals surface area contributed by atoms with E-state index in [0.717, 1.165) is 9.75 Å². The minimum atomic E-state index is -0.310. The summed E-state index contributed by atoms with van der Waals surface area (Å²) in [6, 6.07) is 10.9. The summed E-state index contributed by atoms with van der Waals surface area (Å²) in [4.78, 5) is 36.6. The van der Waals surface area contributed by atoms with Crippen LogP contribution in [0.1, 0.15) is 20.9 Å². The lowest BCUT2D eigenvalue weighted by Crippen LogP contribution is -2.13. The van der Waals surface area contributed by atoms with Gasteiger partial charge in [0.05, 0.1) is 38.2 Å². The van der Waals surface area contributed by atoms with E-state index in [-0.39, 0.29) is 11.6 Å². The van der Waals surface area contributed by atoms with Gasteiger partial charge in [-0.05, 0) is 50.2 Å². The highest BCUT2D eigenvalue weighted by atomic mass is 32.1. The molecule has 0 radical (unpaired) electrons. The number of pyridine rings is 1. The van der Waals surface area contributed by atoms with Gasteiger partial charge in [0.1, 0.15) is 0 Å². The normalized spacial score (nSPS) is 11.4. The van der Waals surface area contributed by atoms with Gasteiger partial charge in [-0.3, -0.25) is 4.79 Å². The molecule has 0 aliphatic heterocycles. The van der Waals surface area contributed by atoms with Crippen LogP contribution in [0.15, 0.2) is 45.7 Å². The lowest BCUT2D eigenvalue weighted by Gasteiger charge is -2.08. The standard InChI is InChI=1S/C20H15N5O3S/c1-9-3-6-16(29-9)15-8-12(17-10(2)25-28-19(17)22-15)18(26)21-11-4-5-13-14(7-11)24-20(27)23-13/h3-8H,1-2H3,(H,21,26)(H2,23,24,27).